The summed E-state index contributed by atoms with van der Waals surface area (Å²) in [5.74, 6) is -0.394. The maximum Gasteiger partial charge on any atom is 0.407 e. The Morgan fingerprint density at radius 3 is 2.00 bits per heavy atom. The Kier molecular flexibility index (Phi) is 9.89. The molecule has 28 heavy (non-hydrogen) atoms. The fourth-order valence-corrected chi connectivity index (χ4v) is 2.68. The first-order chi connectivity index (χ1) is 13.7. The van der Waals surface area contributed by atoms with Gasteiger partial charge >= 0.3 is 12.1 Å². The molecule has 0 saturated heterocycles. The number of amides is 1. The number of carbonyl (C=O) groups excluding carboxylic acids is 2. The fourth-order valence-electron chi connectivity index (χ4n) is 2.48. The number of hydrogen-bond donors (Lipinski definition) is 2. The first kappa shape index (κ1) is 21.7. The van der Waals surface area contributed by atoms with Gasteiger partial charge in [0.2, 0.25) is 0 Å². The number of ether oxygens (including phenoxy) is 2. The standard InChI is InChI=1S/C21H25ClN2O4/c22-24-19(20(25)27-15-17-9-3-1-4-10-17)13-7-8-14-23-21(26)28-16-18-11-5-2-6-12-18/h1-6,9-12,19,24H,7-8,13-16H2,(H,23,26)/t19-/m0/s1. The van der Waals surface area contributed by atoms with Crippen LogP contribution in [-0.2, 0) is 27.5 Å². The smallest absolute Gasteiger partial charge is 0.407 e. The zero-order valence-corrected chi connectivity index (χ0v) is 16.4. The van der Waals surface area contributed by atoms with Crippen LogP contribution in [0, 0.1) is 0 Å². The van der Waals surface area contributed by atoms with Crippen LogP contribution in [0.2, 0.25) is 0 Å². The summed E-state index contributed by atoms with van der Waals surface area (Å²) >= 11 is 5.67. The Hall–Kier alpha value is -2.57. The lowest BCUT2D eigenvalue weighted by molar-refractivity contribution is -0.147. The van der Waals surface area contributed by atoms with Crippen molar-refractivity contribution in [1.29, 1.82) is 0 Å². The van der Waals surface area contributed by atoms with E-state index in [9.17, 15) is 9.59 Å². The lowest BCUT2D eigenvalue weighted by Gasteiger charge is -2.14. The van der Waals surface area contributed by atoms with Crippen molar-refractivity contribution in [2.24, 2.45) is 0 Å². The molecule has 150 valence electrons. The summed E-state index contributed by atoms with van der Waals surface area (Å²) < 4.78 is 10.4. The molecule has 0 aliphatic heterocycles. The summed E-state index contributed by atoms with van der Waals surface area (Å²) in [5.41, 5.74) is 1.85. The van der Waals surface area contributed by atoms with Crippen LogP contribution in [0.5, 0.6) is 0 Å². The topological polar surface area (TPSA) is 76.7 Å². The van der Waals surface area contributed by atoms with E-state index < -0.39 is 18.1 Å². The van der Waals surface area contributed by atoms with E-state index in [0.29, 0.717) is 25.8 Å². The van der Waals surface area contributed by atoms with E-state index in [-0.39, 0.29) is 13.2 Å². The molecule has 0 aliphatic rings. The maximum absolute atomic E-state index is 12.1. The number of esters is 1. The zero-order valence-electron chi connectivity index (χ0n) is 15.6. The van der Waals surface area contributed by atoms with Crippen molar-refractivity contribution in [3.8, 4) is 0 Å². The highest BCUT2D eigenvalue weighted by atomic mass is 35.5. The molecule has 0 saturated carbocycles. The van der Waals surface area contributed by atoms with Gasteiger partial charge in [-0.2, -0.15) is 0 Å². The predicted molar refractivity (Wildman–Crippen MR) is 107 cm³/mol. The van der Waals surface area contributed by atoms with Crippen LogP contribution in [0.1, 0.15) is 30.4 Å². The van der Waals surface area contributed by atoms with Crippen molar-refractivity contribution in [2.45, 2.75) is 38.5 Å². The van der Waals surface area contributed by atoms with Crippen LogP contribution in [-0.4, -0.2) is 24.6 Å². The van der Waals surface area contributed by atoms with Crippen molar-refractivity contribution in [3.63, 3.8) is 0 Å². The molecule has 0 spiro atoms. The highest BCUT2D eigenvalue weighted by Gasteiger charge is 2.18. The monoisotopic (exact) mass is 404 g/mol. The minimum atomic E-state index is -0.588. The molecule has 0 heterocycles. The molecular formula is C21H25ClN2O4. The van der Waals surface area contributed by atoms with Gasteiger partial charge in [-0.3, -0.25) is 4.79 Å². The molecule has 0 aliphatic carbocycles. The second-order valence-electron chi connectivity index (χ2n) is 6.24. The summed E-state index contributed by atoms with van der Waals surface area (Å²) in [6, 6.07) is 18.3. The van der Waals surface area contributed by atoms with Crippen molar-refractivity contribution < 1.29 is 19.1 Å². The molecule has 6 nitrogen and oxygen atoms in total. The van der Waals surface area contributed by atoms with Gasteiger partial charge in [-0.25, -0.2) is 9.63 Å². The summed E-state index contributed by atoms with van der Waals surface area (Å²) in [6.45, 7) is 0.906. The van der Waals surface area contributed by atoms with E-state index in [0.717, 1.165) is 11.1 Å². The molecule has 1 amide bonds. The molecule has 2 N–H and O–H groups in total. The lowest BCUT2D eigenvalue weighted by Crippen LogP contribution is -2.33. The summed E-state index contributed by atoms with van der Waals surface area (Å²) in [6.07, 6.45) is 1.45. The van der Waals surface area contributed by atoms with E-state index >= 15 is 0 Å². The lowest BCUT2D eigenvalue weighted by atomic mass is 10.1. The van der Waals surface area contributed by atoms with E-state index in [1.165, 1.54) is 0 Å². The van der Waals surface area contributed by atoms with Crippen LogP contribution in [0.4, 0.5) is 4.79 Å². The average Bonchev–Trinajstić information content (AvgIpc) is 2.74. The molecule has 0 radical (unpaired) electrons. The van der Waals surface area contributed by atoms with E-state index in [2.05, 4.69) is 10.2 Å². The largest absolute Gasteiger partial charge is 0.460 e. The molecule has 1 atom stereocenters. The van der Waals surface area contributed by atoms with Crippen molar-refractivity contribution in [1.82, 2.24) is 10.2 Å². The van der Waals surface area contributed by atoms with Crippen LogP contribution in [0.15, 0.2) is 60.7 Å². The molecule has 0 aromatic heterocycles. The van der Waals surface area contributed by atoms with Crippen LogP contribution in [0.3, 0.4) is 0 Å². The van der Waals surface area contributed by atoms with E-state index in [1.54, 1.807) is 0 Å². The van der Waals surface area contributed by atoms with Gasteiger partial charge in [-0.05, 0) is 42.2 Å². The third-order valence-electron chi connectivity index (χ3n) is 4.04. The molecule has 0 bridgehead atoms. The summed E-state index contributed by atoms with van der Waals surface area (Å²) in [4.78, 5) is 26.2. The maximum atomic E-state index is 12.1. The Labute approximate surface area is 170 Å². The minimum Gasteiger partial charge on any atom is -0.460 e. The van der Waals surface area contributed by atoms with Crippen molar-refractivity contribution >= 4 is 23.8 Å². The van der Waals surface area contributed by atoms with E-state index in [1.807, 2.05) is 60.7 Å². The number of hydrogen-bond acceptors (Lipinski definition) is 5. The normalized spacial score (nSPS) is 11.5. The van der Waals surface area contributed by atoms with Crippen LogP contribution < -0.4 is 10.2 Å². The highest BCUT2D eigenvalue weighted by Crippen LogP contribution is 2.07. The van der Waals surface area contributed by atoms with Gasteiger partial charge in [0.15, 0.2) is 0 Å². The Morgan fingerprint density at radius 1 is 0.857 bits per heavy atom. The third-order valence-corrected chi connectivity index (χ3v) is 4.31. The summed E-state index contributed by atoms with van der Waals surface area (Å²) in [7, 11) is 0. The predicted octanol–water partition coefficient (Wildman–Crippen LogP) is 3.94. The average molecular weight is 405 g/mol. The fraction of sp³-hybridized carbons (Fsp3) is 0.333. The molecular weight excluding hydrogens is 380 g/mol. The summed E-state index contributed by atoms with van der Waals surface area (Å²) in [5, 5.41) is 2.69. The Bertz CT molecular complexity index is 713. The molecule has 2 aromatic rings. The number of carbonyl (C=O) groups is 2. The molecule has 2 aromatic carbocycles. The molecule has 7 heteroatoms. The Morgan fingerprint density at radius 2 is 1.43 bits per heavy atom. The number of halogens is 1. The number of benzene rings is 2. The first-order valence-electron chi connectivity index (χ1n) is 9.20. The van der Waals surface area contributed by atoms with Crippen molar-refractivity contribution in [2.75, 3.05) is 6.54 Å². The third kappa shape index (κ3) is 8.41. The van der Waals surface area contributed by atoms with Crippen LogP contribution >= 0.6 is 11.8 Å². The second kappa shape index (κ2) is 12.8. The van der Waals surface area contributed by atoms with Gasteiger partial charge in [0.05, 0.1) is 0 Å². The van der Waals surface area contributed by atoms with Gasteiger partial charge in [0, 0.05) is 6.54 Å². The van der Waals surface area contributed by atoms with Gasteiger partial charge in [0.1, 0.15) is 19.3 Å². The quantitative estimate of drug-likeness (QED) is 0.337. The van der Waals surface area contributed by atoms with Gasteiger partial charge in [-0.1, -0.05) is 60.7 Å². The van der Waals surface area contributed by atoms with Crippen molar-refractivity contribution in [3.05, 3.63) is 71.8 Å². The minimum absolute atomic E-state index is 0.212. The van der Waals surface area contributed by atoms with E-state index in [4.69, 9.17) is 21.3 Å². The molecule has 0 unspecified atom stereocenters. The molecule has 2 rings (SSSR count). The number of alkyl carbamates (subject to hydrolysis) is 1. The number of nitrogens with one attached hydrogen (secondary N) is 2. The SMILES string of the molecule is O=C(NCCCC[C@H](NCl)C(=O)OCc1ccccc1)OCc1ccccc1. The van der Waals surface area contributed by atoms with Gasteiger partial charge in [0.25, 0.3) is 0 Å². The van der Waals surface area contributed by atoms with Crippen LogP contribution in [0.25, 0.3) is 0 Å². The first-order valence-corrected chi connectivity index (χ1v) is 9.58. The Balaban J connectivity index is 1.56. The zero-order chi connectivity index (χ0) is 20.0. The molecule has 0 fully saturated rings. The number of unbranched alkanes of at least 4 members (excludes halogenated alkanes) is 1. The second-order valence-corrected chi connectivity index (χ2v) is 6.46. The number of rotatable bonds is 11. The van der Waals surface area contributed by atoms with Gasteiger partial charge in [-0.15, -0.1) is 0 Å². The highest BCUT2D eigenvalue weighted by molar-refractivity contribution is 6.14. The van der Waals surface area contributed by atoms with Gasteiger partial charge < -0.3 is 14.8 Å².